The van der Waals surface area contributed by atoms with Crippen LogP contribution in [0, 0.1) is 17.2 Å². The van der Waals surface area contributed by atoms with Crippen LogP contribution in [0.1, 0.15) is 40.2 Å². The van der Waals surface area contributed by atoms with Crippen molar-refractivity contribution < 1.29 is 23.1 Å². The second-order valence-corrected chi connectivity index (χ2v) is 8.28. The summed E-state index contributed by atoms with van der Waals surface area (Å²) in [5.41, 5.74) is -0.911. The fraction of sp³-hybridized carbons (Fsp3) is 0.304. The van der Waals surface area contributed by atoms with E-state index < -0.39 is 28.8 Å². The summed E-state index contributed by atoms with van der Waals surface area (Å²) in [6, 6.07) is 12.1. The molecule has 0 radical (unpaired) electrons. The van der Waals surface area contributed by atoms with E-state index in [1.165, 1.54) is 6.07 Å². The average Bonchev–Trinajstić information content (AvgIpc) is 3.15. The molecule has 1 aliphatic rings. The van der Waals surface area contributed by atoms with Crippen LogP contribution in [0.15, 0.2) is 48.8 Å². The van der Waals surface area contributed by atoms with Crippen molar-refractivity contribution in [3.63, 3.8) is 0 Å². The summed E-state index contributed by atoms with van der Waals surface area (Å²) >= 11 is 0. The van der Waals surface area contributed by atoms with Gasteiger partial charge < -0.3 is 15.0 Å². The Bertz CT molecular complexity index is 1240. The summed E-state index contributed by atoms with van der Waals surface area (Å²) in [5, 5.41) is 29.7. The average molecular weight is 455 g/mol. The van der Waals surface area contributed by atoms with E-state index in [0.29, 0.717) is 19.3 Å². The van der Waals surface area contributed by atoms with Crippen LogP contribution in [0.25, 0.3) is 0 Å². The smallest absolute Gasteiger partial charge is 0.420 e. The van der Waals surface area contributed by atoms with Crippen molar-refractivity contribution in [3.8, 4) is 11.8 Å². The molecule has 1 fully saturated rings. The highest BCUT2D eigenvalue weighted by molar-refractivity contribution is 6.05. The van der Waals surface area contributed by atoms with Gasteiger partial charge >= 0.3 is 6.18 Å². The van der Waals surface area contributed by atoms with Crippen LogP contribution < -0.4 is 5.32 Å². The predicted molar refractivity (Wildman–Crippen MR) is 112 cm³/mol. The lowest BCUT2D eigenvalue weighted by atomic mass is 9.57. The van der Waals surface area contributed by atoms with Crippen molar-refractivity contribution in [1.29, 1.82) is 5.26 Å². The molecule has 0 atom stereocenters. The molecule has 1 heterocycles. The molecule has 0 unspecified atom stereocenters. The molecule has 1 amide bonds. The summed E-state index contributed by atoms with van der Waals surface area (Å²) < 4.78 is 41.0. The lowest BCUT2D eigenvalue weighted by molar-refractivity contribution is -0.138. The Morgan fingerprint density at radius 2 is 2.03 bits per heavy atom. The van der Waals surface area contributed by atoms with Crippen molar-refractivity contribution in [1.82, 2.24) is 14.8 Å². The lowest BCUT2D eigenvalue weighted by Gasteiger charge is -2.45. The number of phenols is 1. The Morgan fingerprint density at radius 1 is 1.30 bits per heavy atom. The Morgan fingerprint density at radius 3 is 2.67 bits per heavy atom. The number of carbonyl (C=O) groups is 1. The van der Waals surface area contributed by atoms with Crippen LogP contribution in [-0.4, -0.2) is 25.8 Å². The van der Waals surface area contributed by atoms with E-state index in [4.69, 9.17) is 0 Å². The summed E-state index contributed by atoms with van der Waals surface area (Å²) in [4.78, 5) is 12.8. The number of carbonyl (C=O) groups excluding carboxylic acids is 1. The largest absolute Gasteiger partial charge is 0.505 e. The number of anilines is 1. The number of benzene rings is 2. The van der Waals surface area contributed by atoms with Gasteiger partial charge in [0.25, 0.3) is 5.91 Å². The van der Waals surface area contributed by atoms with Gasteiger partial charge in [0.1, 0.15) is 12.2 Å². The number of para-hydroxylation sites is 1. The van der Waals surface area contributed by atoms with Gasteiger partial charge in [-0.25, -0.2) is 0 Å². The van der Waals surface area contributed by atoms with Gasteiger partial charge in [-0.3, -0.25) is 4.79 Å². The Hall–Kier alpha value is -3.87. The first kappa shape index (κ1) is 22.3. The molecule has 1 saturated carbocycles. The number of alkyl halides is 3. The quantitative estimate of drug-likeness (QED) is 0.561. The first-order chi connectivity index (χ1) is 15.6. The van der Waals surface area contributed by atoms with Gasteiger partial charge in [-0.15, -0.1) is 10.2 Å². The predicted octanol–water partition coefficient (Wildman–Crippen LogP) is 4.21. The molecule has 0 spiro atoms. The standard InChI is InChI=1S/C23H20F3N5O2/c1-31-13-28-30-19(31)11-22(9-14(10-22)12-27)16-5-2-4-15(8-16)21(33)29-18-7-3-6-17(20(18)32)23(24,25)26/h2-8,13-14,32H,9-11H2,1H3,(H,29,33). The van der Waals surface area contributed by atoms with Crippen molar-refractivity contribution in [3.05, 3.63) is 71.3 Å². The zero-order valence-corrected chi connectivity index (χ0v) is 17.6. The van der Waals surface area contributed by atoms with Crippen molar-refractivity contribution in [2.24, 2.45) is 13.0 Å². The van der Waals surface area contributed by atoms with Crippen molar-refractivity contribution in [2.75, 3.05) is 5.32 Å². The van der Waals surface area contributed by atoms with E-state index in [0.717, 1.165) is 23.5 Å². The number of aromatic hydroxyl groups is 1. The van der Waals surface area contributed by atoms with E-state index in [2.05, 4.69) is 21.6 Å². The Labute approximate surface area is 187 Å². The van der Waals surface area contributed by atoms with Crippen LogP contribution in [0.5, 0.6) is 5.75 Å². The van der Waals surface area contributed by atoms with E-state index in [9.17, 15) is 28.3 Å². The molecule has 0 aliphatic heterocycles. The first-order valence-electron chi connectivity index (χ1n) is 10.2. The van der Waals surface area contributed by atoms with E-state index >= 15 is 0 Å². The molecule has 0 bridgehead atoms. The number of nitriles is 1. The zero-order chi connectivity index (χ0) is 23.8. The molecule has 2 aromatic carbocycles. The molecule has 2 N–H and O–H groups in total. The maximum atomic E-state index is 13.1. The van der Waals surface area contributed by atoms with Crippen LogP contribution in [0.4, 0.5) is 18.9 Å². The molecule has 1 aliphatic carbocycles. The summed E-state index contributed by atoms with van der Waals surface area (Å²) in [7, 11) is 1.83. The van der Waals surface area contributed by atoms with Gasteiger partial charge in [0.15, 0.2) is 5.75 Å². The minimum absolute atomic E-state index is 0.113. The maximum absolute atomic E-state index is 13.1. The van der Waals surface area contributed by atoms with Gasteiger partial charge in [0.05, 0.1) is 17.3 Å². The van der Waals surface area contributed by atoms with Gasteiger partial charge in [0.2, 0.25) is 0 Å². The minimum atomic E-state index is -4.75. The van der Waals surface area contributed by atoms with E-state index in [1.807, 2.05) is 13.1 Å². The number of aryl methyl sites for hydroxylation is 1. The highest BCUT2D eigenvalue weighted by Gasteiger charge is 2.46. The molecular weight excluding hydrogens is 435 g/mol. The SMILES string of the molecule is Cn1cnnc1CC1(c2cccc(C(=O)Nc3cccc(C(F)(F)F)c3O)c2)CC(C#N)C1. The zero-order valence-electron chi connectivity index (χ0n) is 17.6. The van der Waals surface area contributed by atoms with Gasteiger partial charge in [0, 0.05) is 30.4 Å². The summed E-state index contributed by atoms with van der Waals surface area (Å²) in [6.07, 6.45) is -1.44. The molecule has 3 aromatic rings. The van der Waals surface area contributed by atoms with Crippen molar-refractivity contribution in [2.45, 2.75) is 30.9 Å². The fourth-order valence-corrected chi connectivity index (χ4v) is 4.28. The van der Waals surface area contributed by atoms with Crippen LogP contribution >= 0.6 is 0 Å². The van der Waals surface area contributed by atoms with E-state index in [1.54, 1.807) is 29.1 Å². The first-order valence-corrected chi connectivity index (χ1v) is 10.2. The monoisotopic (exact) mass is 455 g/mol. The second kappa shape index (κ2) is 8.24. The number of nitrogens with zero attached hydrogens (tertiary/aromatic N) is 4. The summed E-state index contributed by atoms with van der Waals surface area (Å²) in [6.45, 7) is 0. The van der Waals surface area contributed by atoms with Crippen molar-refractivity contribution >= 4 is 11.6 Å². The number of halogens is 3. The van der Waals surface area contributed by atoms with E-state index in [-0.39, 0.29) is 17.2 Å². The highest BCUT2D eigenvalue weighted by atomic mass is 19.4. The summed E-state index contributed by atoms with van der Waals surface area (Å²) in [5.74, 6) is -1.06. The van der Waals surface area contributed by atoms with Crippen LogP contribution in [0.2, 0.25) is 0 Å². The fourth-order valence-electron chi connectivity index (χ4n) is 4.28. The minimum Gasteiger partial charge on any atom is -0.505 e. The maximum Gasteiger partial charge on any atom is 0.420 e. The third kappa shape index (κ3) is 4.26. The van der Waals surface area contributed by atoms with Gasteiger partial charge in [-0.1, -0.05) is 18.2 Å². The molecule has 0 saturated heterocycles. The number of hydrogen-bond acceptors (Lipinski definition) is 5. The topological polar surface area (TPSA) is 104 Å². The number of rotatable bonds is 5. The van der Waals surface area contributed by atoms with Crippen LogP contribution in [-0.2, 0) is 25.1 Å². The Balaban J connectivity index is 1.61. The molecular formula is C23H20F3N5O2. The molecule has 4 rings (SSSR count). The second-order valence-electron chi connectivity index (χ2n) is 8.28. The highest BCUT2D eigenvalue weighted by Crippen LogP contribution is 2.49. The molecule has 170 valence electrons. The third-order valence-electron chi connectivity index (χ3n) is 6.09. The number of nitrogens with one attached hydrogen (secondary N) is 1. The van der Waals surface area contributed by atoms with Crippen LogP contribution in [0.3, 0.4) is 0 Å². The Kier molecular flexibility index (Phi) is 5.57. The van der Waals surface area contributed by atoms with Gasteiger partial charge in [-0.2, -0.15) is 18.4 Å². The number of amides is 1. The molecule has 33 heavy (non-hydrogen) atoms. The normalized spacial score (nSPS) is 20.0. The molecule has 1 aromatic heterocycles. The number of hydrogen-bond donors (Lipinski definition) is 2. The molecule has 7 nitrogen and oxygen atoms in total. The van der Waals surface area contributed by atoms with Gasteiger partial charge in [-0.05, 0) is 42.7 Å². The number of phenolic OH excluding ortho intramolecular Hbond substituents is 1. The molecule has 10 heteroatoms. The number of aromatic nitrogens is 3. The lowest BCUT2D eigenvalue weighted by Crippen LogP contribution is -2.43. The third-order valence-corrected chi connectivity index (χ3v) is 6.09.